The minimum absolute atomic E-state index is 0.0200. The monoisotopic (exact) mass is 466 g/mol. The van der Waals surface area contributed by atoms with Gasteiger partial charge in [-0.1, -0.05) is 6.07 Å². The maximum Gasteiger partial charge on any atom is 0.306 e. The van der Waals surface area contributed by atoms with Crippen molar-refractivity contribution in [3.05, 3.63) is 68.0 Å². The molecule has 0 bridgehead atoms. The summed E-state index contributed by atoms with van der Waals surface area (Å²) in [6.07, 6.45) is 0.366. The van der Waals surface area contributed by atoms with E-state index in [0.717, 1.165) is 18.2 Å². The number of anilines is 1. The van der Waals surface area contributed by atoms with Crippen LogP contribution < -0.4 is 5.32 Å². The lowest BCUT2D eigenvalue weighted by Crippen LogP contribution is -2.41. The van der Waals surface area contributed by atoms with E-state index >= 15 is 0 Å². The fourth-order valence-corrected chi connectivity index (χ4v) is 5.17. The average molecular weight is 466 g/mol. The standard InChI is InChI=1S/C19H19FN4O7S/c1-12-2-4-15(23(26)27)11-18(12)32(30,31)22-8-6-13(7-9-22)19(25)21-14-3-5-16(20)17(10-14)24(28)29/h2-5,10-11,13H,6-9H2,1H3,(H,21,25). The van der Waals surface area contributed by atoms with Crippen molar-refractivity contribution in [2.75, 3.05) is 18.4 Å². The van der Waals surface area contributed by atoms with Crippen molar-refractivity contribution in [2.24, 2.45) is 5.92 Å². The van der Waals surface area contributed by atoms with E-state index in [1.165, 1.54) is 22.5 Å². The molecule has 32 heavy (non-hydrogen) atoms. The van der Waals surface area contributed by atoms with Crippen LogP contribution in [-0.2, 0) is 14.8 Å². The number of sulfonamides is 1. The maximum absolute atomic E-state index is 13.5. The Kier molecular flexibility index (Phi) is 6.50. The number of nitrogens with zero attached hydrogens (tertiary/aromatic N) is 3. The van der Waals surface area contributed by atoms with Crippen molar-refractivity contribution >= 4 is 33.0 Å². The molecular formula is C19H19FN4O7S. The zero-order valence-electron chi connectivity index (χ0n) is 16.9. The second-order valence-corrected chi connectivity index (χ2v) is 9.20. The molecule has 0 aromatic heterocycles. The molecule has 3 rings (SSSR count). The maximum atomic E-state index is 13.5. The third-order valence-corrected chi connectivity index (χ3v) is 7.28. The van der Waals surface area contributed by atoms with Gasteiger partial charge in [-0.3, -0.25) is 25.0 Å². The molecule has 13 heteroatoms. The number of non-ortho nitro benzene ring substituents is 1. The van der Waals surface area contributed by atoms with E-state index in [9.17, 15) is 37.8 Å². The second-order valence-electron chi connectivity index (χ2n) is 7.30. The number of rotatable bonds is 6. The topological polar surface area (TPSA) is 153 Å². The summed E-state index contributed by atoms with van der Waals surface area (Å²) in [7, 11) is -4.00. The molecule has 1 fully saturated rings. The molecule has 2 aromatic carbocycles. The number of amides is 1. The lowest BCUT2D eigenvalue weighted by atomic mass is 9.97. The van der Waals surface area contributed by atoms with Crippen molar-refractivity contribution in [2.45, 2.75) is 24.7 Å². The van der Waals surface area contributed by atoms with Gasteiger partial charge in [0, 0.05) is 42.9 Å². The number of carbonyl (C=O) groups is 1. The van der Waals surface area contributed by atoms with E-state index in [4.69, 9.17) is 0 Å². The molecule has 0 saturated carbocycles. The van der Waals surface area contributed by atoms with Crippen LogP contribution in [0.5, 0.6) is 0 Å². The predicted octanol–water partition coefficient (Wildman–Crippen LogP) is 2.99. The van der Waals surface area contributed by atoms with Crippen LogP contribution in [0.15, 0.2) is 41.3 Å². The van der Waals surface area contributed by atoms with Gasteiger partial charge in [0.25, 0.3) is 5.69 Å². The molecule has 11 nitrogen and oxygen atoms in total. The van der Waals surface area contributed by atoms with Crippen LogP contribution in [-0.4, -0.2) is 41.6 Å². The molecule has 0 unspecified atom stereocenters. The summed E-state index contributed by atoms with van der Waals surface area (Å²) in [5, 5.41) is 24.3. The summed E-state index contributed by atoms with van der Waals surface area (Å²) in [5.74, 6) is -2.05. The highest BCUT2D eigenvalue weighted by Crippen LogP contribution is 2.29. The van der Waals surface area contributed by atoms with Crippen molar-refractivity contribution in [3.8, 4) is 0 Å². The largest absolute Gasteiger partial charge is 0.326 e. The minimum atomic E-state index is -4.00. The van der Waals surface area contributed by atoms with Gasteiger partial charge in [0.1, 0.15) is 0 Å². The Morgan fingerprint density at radius 2 is 1.75 bits per heavy atom. The molecular weight excluding hydrogens is 447 g/mol. The fraction of sp³-hybridized carbons (Fsp3) is 0.316. The van der Waals surface area contributed by atoms with Crippen LogP contribution in [0.3, 0.4) is 0 Å². The molecule has 1 amide bonds. The molecule has 2 aromatic rings. The SMILES string of the molecule is Cc1ccc([N+](=O)[O-])cc1S(=O)(=O)N1CCC(C(=O)Nc2ccc(F)c([N+](=O)[O-])c2)CC1. The first kappa shape index (κ1) is 23.2. The Balaban J connectivity index is 1.69. The highest BCUT2D eigenvalue weighted by atomic mass is 32.2. The number of hydrogen-bond acceptors (Lipinski definition) is 7. The fourth-order valence-electron chi connectivity index (χ4n) is 3.45. The van der Waals surface area contributed by atoms with Crippen molar-refractivity contribution < 1.29 is 27.4 Å². The molecule has 1 aliphatic heterocycles. The van der Waals surface area contributed by atoms with E-state index in [-0.39, 0.29) is 42.2 Å². The van der Waals surface area contributed by atoms with Crippen LogP contribution in [0, 0.1) is 38.9 Å². The lowest BCUT2D eigenvalue weighted by Gasteiger charge is -2.30. The van der Waals surface area contributed by atoms with Crippen LogP contribution in [0.2, 0.25) is 0 Å². The molecule has 1 N–H and O–H groups in total. The number of nitrogens with one attached hydrogen (secondary N) is 1. The van der Waals surface area contributed by atoms with Crippen molar-refractivity contribution in [1.82, 2.24) is 4.31 Å². The van der Waals surface area contributed by atoms with Crippen LogP contribution in [0.1, 0.15) is 18.4 Å². The van der Waals surface area contributed by atoms with Gasteiger partial charge >= 0.3 is 5.69 Å². The molecule has 1 heterocycles. The van der Waals surface area contributed by atoms with Gasteiger partial charge in [-0.15, -0.1) is 0 Å². The van der Waals surface area contributed by atoms with E-state index in [2.05, 4.69) is 5.32 Å². The van der Waals surface area contributed by atoms with Gasteiger partial charge < -0.3 is 5.32 Å². The van der Waals surface area contributed by atoms with Crippen LogP contribution in [0.4, 0.5) is 21.5 Å². The van der Waals surface area contributed by atoms with Crippen molar-refractivity contribution in [1.29, 1.82) is 0 Å². The first-order valence-electron chi connectivity index (χ1n) is 9.50. The quantitative estimate of drug-likeness (QED) is 0.507. The number of hydrogen-bond donors (Lipinski definition) is 1. The Hall–Kier alpha value is -3.45. The zero-order valence-corrected chi connectivity index (χ0v) is 17.7. The van der Waals surface area contributed by atoms with Crippen molar-refractivity contribution in [3.63, 3.8) is 0 Å². The summed E-state index contributed by atoms with van der Waals surface area (Å²) >= 11 is 0. The average Bonchev–Trinajstić information content (AvgIpc) is 2.75. The summed E-state index contributed by atoms with van der Waals surface area (Å²) in [5.41, 5.74) is -0.674. The molecule has 170 valence electrons. The second kappa shape index (κ2) is 8.96. The zero-order chi connectivity index (χ0) is 23.6. The Labute approximate surface area is 182 Å². The summed E-state index contributed by atoms with van der Waals surface area (Å²) in [4.78, 5) is 32.6. The highest BCUT2D eigenvalue weighted by Gasteiger charge is 2.33. The predicted molar refractivity (Wildman–Crippen MR) is 111 cm³/mol. The molecule has 0 aliphatic carbocycles. The van der Waals surface area contributed by atoms with Gasteiger partial charge in [-0.2, -0.15) is 8.70 Å². The van der Waals surface area contributed by atoms with Crippen LogP contribution >= 0.6 is 0 Å². The third-order valence-electron chi connectivity index (χ3n) is 5.24. The van der Waals surface area contributed by atoms with Gasteiger partial charge in [0.15, 0.2) is 0 Å². The molecule has 0 atom stereocenters. The highest BCUT2D eigenvalue weighted by molar-refractivity contribution is 7.89. The summed E-state index contributed by atoms with van der Waals surface area (Å²) in [6.45, 7) is 1.58. The molecule has 1 saturated heterocycles. The van der Waals surface area contributed by atoms with Crippen LogP contribution in [0.25, 0.3) is 0 Å². The van der Waals surface area contributed by atoms with E-state index in [0.29, 0.717) is 5.56 Å². The first-order valence-corrected chi connectivity index (χ1v) is 10.9. The normalized spacial score (nSPS) is 15.3. The van der Waals surface area contributed by atoms with E-state index in [1.54, 1.807) is 6.92 Å². The number of nitro groups is 2. The first-order chi connectivity index (χ1) is 15.0. The minimum Gasteiger partial charge on any atom is -0.326 e. The Morgan fingerprint density at radius 1 is 1.09 bits per heavy atom. The smallest absolute Gasteiger partial charge is 0.306 e. The number of nitro benzene ring substituents is 2. The summed E-state index contributed by atoms with van der Waals surface area (Å²) < 4.78 is 40.6. The Bertz CT molecular complexity index is 1190. The molecule has 0 radical (unpaired) electrons. The number of halogens is 1. The number of aryl methyl sites for hydroxylation is 1. The van der Waals surface area contributed by atoms with E-state index in [1.807, 2.05) is 0 Å². The summed E-state index contributed by atoms with van der Waals surface area (Å²) in [6, 6.07) is 6.61. The number of piperidine rings is 1. The van der Waals surface area contributed by atoms with Gasteiger partial charge in [0.05, 0.1) is 14.7 Å². The lowest BCUT2D eigenvalue weighted by molar-refractivity contribution is -0.387. The third kappa shape index (κ3) is 4.73. The van der Waals surface area contributed by atoms with Gasteiger partial charge in [0.2, 0.25) is 21.7 Å². The molecule has 1 aliphatic rings. The van der Waals surface area contributed by atoms with E-state index < -0.39 is 43.2 Å². The molecule has 0 spiro atoms. The number of carbonyl (C=O) groups excluding carboxylic acids is 1. The van der Waals surface area contributed by atoms with Gasteiger partial charge in [-0.25, -0.2) is 8.42 Å². The van der Waals surface area contributed by atoms with Gasteiger partial charge in [-0.05, 0) is 37.5 Å². The Morgan fingerprint density at radius 3 is 2.34 bits per heavy atom. The number of benzene rings is 2.